The number of ether oxygens (including phenoxy) is 3. The maximum Gasteiger partial charge on any atom is 0.408 e. The molecule has 2 aliphatic carbocycles. The zero-order valence-electron chi connectivity index (χ0n) is 31.5. The molecule has 2 heterocycles. The van der Waals surface area contributed by atoms with Crippen LogP contribution in [0, 0.1) is 5.92 Å². The number of alkyl carbamates (subject to hydrolysis) is 1. The van der Waals surface area contributed by atoms with Gasteiger partial charge in [0, 0.05) is 30.3 Å². The van der Waals surface area contributed by atoms with Crippen LogP contribution < -0.4 is 24.8 Å². The van der Waals surface area contributed by atoms with Crippen molar-refractivity contribution in [1.82, 2.24) is 25.2 Å². The second-order valence-corrected chi connectivity index (χ2v) is 17.0. The Morgan fingerprint density at radius 2 is 1.87 bits per heavy atom. The quantitative estimate of drug-likeness (QED) is 0.177. The highest BCUT2D eigenvalue weighted by Gasteiger charge is 2.62. The third kappa shape index (κ3) is 9.20. The van der Waals surface area contributed by atoms with Crippen molar-refractivity contribution >= 4 is 50.4 Å². The first kappa shape index (κ1) is 40.2. The number of aromatic nitrogens is 1. The molecule has 3 N–H and O–H groups in total. The van der Waals surface area contributed by atoms with Crippen molar-refractivity contribution in [2.75, 3.05) is 13.7 Å². The number of carbonyl (C=O) groups is 5. The molecule has 292 valence electrons. The summed E-state index contributed by atoms with van der Waals surface area (Å²) in [5.41, 5.74) is -2.01. The second-order valence-electron chi connectivity index (χ2n) is 15.0. The number of benzene rings is 1. The summed E-state index contributed by atoms with van der Waals surface area (Å²) in [7, 11) is -2.38. The topological polar surface area (TPSA) is 199 Å². The number of amides is 4. The molecule has 1 aliphatic heterocycles. The average molecular weight is 768 g/mol. The molecule has 0 spiro atoms. The molecule has 16 heteroatoms. The summed E-state index contributed by atoms with van der Waals surface area (Å²) in [4.78, 5) is 73.7. The SMILES string of the molecule is C=C[C@@H]1C[C@]1(NC(=O)[C@@H]1C[C@@H](Oc2nccc3cc(OC)ccc23)CN1C(=O)[C@@H](CCC(=O)/C(C)=C/C)NC(=O)OC(C)(C)C)C(=O)NS(=O)(=O)C1CC1. The molecule has 5 atom stereocenters. The zero-order chi connectivity index (χ0) is 39.6. The number of Topliss-reactive ketones (excluding diaryl/α,β-unsaturated/α-hetero) is 1. The number of rotatable bonds is 15. The van der Waals surface area contributed by atoms with Crippen molar-refractivity contribution in [1.29, 1.82) is 0 Å². The monoisotopic (exact) mass is 767 g/mol. The van der Waals surface area contributed by atoms with Crippen molar-refractivity contribution < 1.29 is 46.6 Å². The number of sulfonamides is 1. The Labute approximate surface area is 315 Å². The van der Waals surface area contributed by atoms with E-state index in [1.165, 1.54) is 11.0 Å². The molecule has 2 saturated carbocycles. The van der Waals surface area contributed by atoms with Crippen LogP contribution in [0.25, 0.3) is 10.8 Å². The lowest BCUT2D eigenvalue weighted by Crippen LogP contribution is -2.58. The van der Waals surface area contributed by atoms with E-state index in [2.05, 4.69) is 26.9 Å². The third-order valence-electron chi connectivity index (χ3n) is 9.83. The van der Waals surface area contributed by atoms with Gasteiger partial charge in [0.15, 0.2) is 5.78 Å². The molecule has 3 aliphatic rings. The molecule has 2 aromatic rings. The fraction of sp³-hybridized carbons (Fsp3) is 0.526. The Morgan fingerprint density at radius 1 is 1.15 bits per heavy atom. The average Bonchev–Trinajstić information content (AvgIpc) is 4.05. The van der Waals surface area contributed by atoms with Crippen LogP contribution in [0.2, 0.25) is 0 Å². The number of hydrogen-bond donors (Lipinski definition) is 3. The van der Waals surface area contributed by atoms with E-state index >= 15 is 0 Å². The summed E-state index contributed by atoms with van der Waals surface area (Å²) in [5.74, 6) is -2.21. The predicted molar refractivity (Wildman–Crippen MR) is 199 cm³/mol. The van der Waals surface area contributed by atoms with E-state index in [9.17, 15) is 32.4 Å². The number of fused-ring (bicyclic) bond motifs is 1. The molecule has 0 bridgehead atoms. The maximum absolute atomic E-state index is 14.5. The first-order valence-corrected chi connectivity index (χ1v) is 19.5. The fourth-order valence-electron chi connectivity index (χ4n) is 6.44. The van der Waals surface area contributed by atoms with Crippen LogP contribution in [0.1, 0.15) is 73.1 Å². The van der Waals surface area contributed by atoms with Crippen molar-refractivity contribution in [2.24, 2.45) is 5.92 Å². The summed E-state index contributed by atoms with van der Waals surface area (Å²) in [6.45, 7) is 12.0. The maximum atomic E-state index is 14.5. The Hall–Kier alpha value is -4.99. The Bertz CT molecular complexity index is 1970. The van der Waals surface area contributed by atoms with Crippen molar-refractivity contribution in [2.45, 2.75) is 108 Å². The van der Waals surface area contributed by atoms with E-state index < -0.39 is 74.3 Å². The van der Waals surface area contributed by atoms with Crippen molar-refractivity contribution in [3.05, 3.63) is 54.8 Å². The highest BCUT2D eigenvalue weighted by atomic mass is 32.2. The van der Waals surface area contributed by atoms with E-state index in [1.807, 2.05) is 6.07 Å². The van der Waals surface area contributed by atoms with Gasteiger partial charge in [-0.2, -0.15) is 0 Å². The summed E-state index contributed by atoms with van der Waals surface area (Å²) in [6.07, 6.45) is 3.75. The number of allylic oxidation sites excluding steroid dienone is 2. The number of carbonyl (C=O) groups excluding carboxylic acids is 5. The van der Waals surface area contributed by atoms with Gasteiger partial charge in [-0.25, -0.2) is 18.2 Å². The molecule has 1 aromatic heterocycles. The molecule has 4 amide bonds. The van der Waals surface area contributed by atoms with Gasteiger partial charge in [-0.05, 0) is 95.5 Å². The number of nitrogens with one attached hydrogen (secondary N) is 3. The first-order chi connectivity index (χ1) is 25.4. The van der Waals surface area contributed by atoms with Gasteiger partial charge in [0.05, 0.1) is 18.9 Å². The fourth-order valence-corrected chi connectivity index (χ4v) is 7.81. The number of nitrogens with zero attached hydrogens (tertiary/aromatic N) is 2. The van der Waals surface area contributed by atoms with Crippen LogP contribution in [0.3, 0.4) is 0 Å². The first-order valence-electron chi connectivity index (χ1n) is 18.0. The van der Waals surface area contributed by atoms with Gasteiger partial charge in [0.25, 0.3) is 5.91 Å². The number of hydrogen-bond acceptors (Lipinski definition) is 11. The number of methoxy groups -OCH3 is 1. The van der Waals surface area contributed by atoms with Crippen LogP contribution in [0.5, 0.6) is 11.6 Å². The predicted octanol–water partition coefficient (Wildman–Crippen LogP) is 3.47. The highest BCUT2D eigenvalue weighted by molar-refractivity contribution is 7.91. The van der Waals surface area contributed by atoms with Crippen LogP contribution in [0.15, 0.2) is 54.8 Å². The lowest BCUT2D eigenvalue weighted by atomic mass is 10.0. The van der Waals surface area contributed by atoms with Gasteiger partial charge in [-0.1, -0.05) is 12.2 Å². The standard InChI is InChI=1S/C38H49N5O10S/c1-8-22(3)31(44)15-14-29(40-36(48)53-37(4,5)6)34(46)43-21-26(52-33-28-13-10-25(51-7)18-23(28)16-17-39-33)19-30(43)32(45)41-38(20-24(38)9-2)35(47)42-54(49,50)27-11-12-27/h8-10,13,16-18,24,26-27,29-30H,2,11-12,14-15,19-21H2,1,3-7H3,(H,40,48)(H,41,45)(H,42,47)/b22-8+/t24-,26-,29-,30+,38-/m1/s1. The van der Waals surface area contributed by atoms with E-state index in [-0.39, 0.29) is 43.9 Å². The summed E-state index contributed by atoms with van der Waals surface area (Å²) in [6, 6.07) is 4.62. The molecule has 1 aromatic carbocycles. The Balaban J connectivity index is 1.45. The summed E-state index contributed by atoms with van der Waals surface area (Å²) < 4.78 is 44.7. The van der Waals surface area contributed by atoms with Crippen molar-refractivity contribution in [3.63, 3.8) is 0 Å². The van der Waals surface area contributed by atoms with Crippen LogP contribution in [-0.2, 0) is 33.9 Å². The van der Waals surface area contributed by atoms with Gasteiger partial charge in [0.1, 0.15) is 35.1 Å². The smallest absolute Gasteiger partial charge is 0.408 e. The molecule has 1 saturated heterocycles. The van der Waals surface area contributed by atoms with Crippen molar-refractivity contribution in [3.8, 4) is 11.6 Å². The summed E-state index contributed by atoms with van der Waals surface area (Å²) in [5, 5.41) is 6.11. The van der Waals surface area contributed by atoms with Crippen LogP contribution >= 0.6 is 0 Å². The molecular formula is C38H49N5O10S. The molecule has 3 fully saturated rings. The Morgan fingerprint density at radius 3 is 2.48 bits per heavy atom. The minimum absolute atomic E-state index is 0.0433. The van der Waals surface area contributed by atoms with Gasteiger partial charge in [-0.3, -0.25) is 23.9 Å². The molecular weight excluding hydrogens is 719 g/mol. The lowest BCUT2D eigenvalue weighted by molar-refractivity contribution is -0.141. The number of ketones is 1. The van der Waals surface area contributed by atoms with Gasteiger partial charge < -0.3 is 29.7 Å². The molecule has 0 unspecified atom stereocenters. The summed E-state index contributed by atoms with van der Waals surface area (Å²) >= 11 is 0. The molecule has 5 rings (SSSR count). The number of pyridine rings is 1. The van der Waals surface area contributed by atoms with Gasteiger partial charge in [-0.15, -0.1) is 6.58 Å². The lowest BCUT2D eigenvalue weighted by Gasteiger charge is -2.30. The number of likely N-dealkylation sites (tertiary alicyclic amines) is 1. The van der Waals surface area contributed by atoms with E-state index in [0.717, 1.165) is 5.39 Å². The molecule has 0 radical (unpaired) electrons. The van der Waals surface area contributed by atoms with E-state index in [1.54, 1.807) is 72.2 Å². The van der Waals surface area contributed by atoms with Crippen LogP contribution in [0.4, 0.5) is 4.79 Å². The van der Waals surface area contributed by atoms with Crippen LogP contribution in [-0.4, -0.2) is 96.1 Å². The Kier molecular flexibility index (Phi) is 11.7. The third-order valence-corrected chi connectivity index (χ3v) is 11.7. The van der Waals surface area contributed by atoms with Gasteiger partial charge in [0.2, 0.25) is 27.7 Å². The minimum Gasteiger partial charge on any atom is -0.497 e. The second kappa shape index (κ2) is 15.8. The molecule has 54 heavy (non-hydrogen) atoms. The van der Waals surface area contributed by atoms with Gasteiger partial charge >= 0.3 is 6.09 Å². The minimum atomic E-state index is -3.93. The van der Waals surface area contributed by atoms with E-state index in [0.29, 0.717) is 29.6 Å². The van der Waals surface area contributed by atoms with E-state index in [4.69, 9.17) is 14.2 Å². The highest BCUT2D eigenvalue weighted by Crippen LogP contribution is 2.45. The normalized spacial score (nSPS) is 23.2. The zero-order valence-corrected chi connectivity index (χ0v) is 32.3. The molecule has 15 nitrogen and oxygen atoms in total. The largest absolute Gasteiger partial charge is 0.497 e.